The highest BCUT2D eigenvalue weighted by Gasteiger charge is 2.21. The minimum Gasteiger partial charge on any atom is -0.462 e. The van der Waals surface area contributed by atoms with E-state index in [-0.39, 0.29) is 11.0 Å². The third kappa shape index (κ3) is 5.64. The number of ether oxygens (including phenoxy) is 2. The van der Waals surface area contributed by atoms with Gasteiger partial charge in [-0.2, -0.15) is 0 Å². The van der Waals surface area contributed by atoms with Gasteiger partial charge in [-0.15, -0.1) is 0 Å². The molecule has 0 fully saturated rings. The van der Waals surface area contributed by atoms with Crippen molar-refractivity contribution in [2.75, 3.05) is 13.7 Å². The average molecular weight is 314 g/mol. The SMILES string of the molecule is COC(C)(C)CCOC(=O)c1cc(Cl)nc(C(C)(C)C)c1. The lowest BCUT2D eigenvalue weighted by molar-refractivity contribution is -0.00564. The Morgan fingerprint density at radius 2 is 1.86 bits per heavy atom. The molecular weight excluding hydrogens is 290 g/mol. The molecule has 5 heteroatoms. The number of hydrogen-bond acceptors (Lipinski definition) is 4. The molecule has 0 radical (unpaired) electrons. The van der Waals surface area contributed by atoms with Crippen molar-refractivity contribution in [3.63, 3.8) is 0 Å². The molecule has 4 nitrogen and oxygen atoms in total. The van der Waals surface area contributed by atoms with Crippen LogP contribution in [0.5, 0.6) is 0 Å². The Morgan fingerprint density at radius 1 is 1.24 bits per heavy atom. The summed E-state index contributed by atoms with van der Waals surface area (Å²) in [5.74, 6) is -0.392. The lowest BCUT2D eigenvalue weighted by Gasteiger charge is -2.22. The number of carbonyl (C=O) groups excluding carboxylic acids is 1. The summed E-state index contributed by atoms with van der Waals surface area (Å²) in [6.07, 6.45) is 0.625. The van der Waals surface area contributed by atoms with E-state index < -0.39 is 5.97 Å². The summed E-state index contributed by atoms with van der Waals surface area (Å²) in [7, 11) is 1.64. The van der Waals surface area contributed by atoms with Crippen molar-refractivity contribution in [3.05, 3.63) is 28.5 Å². The number of rotatable bonds is 5. The van der Waals surface area contributed by atoms with Crippen molar-refractivity contribution in [2.45, 2.75) is 52.1 Å². The van der Waals surface area contributed by atoms with Crippen molar-refractivity contribution in [1.82, 2.24) is 4.98 Å². The molecule has 0 aromatic carbocycles. The first-order valence-electron chi connectivity index (χ1n) is 6.95. The van der Waals surface area contributed by atoms with Crippen LogP contribution in [0.2, 0.25) is 5.15 Å². The van der Waals surface area contributed by atoms with Crippen LogP contribution in [-0.2, 0) is 14.9 Å². The number of aromatic nitrogens is 1. The van der Waals surface area contributed by atoms with Crippen LogP contribution in [-0.4, -0.2) is 30.3 Å². The highest BCUT2D eigenvalue weighted by Crippen LogP contribution is 2.24. The van der Waals surface area contributed by atoms with Gasteiger partial charge in [0.05, 0.1) is 17.8 Å². The Bertz CT molecular complexity index is 507. The van der Waals surface area contributed by atoms with Gasteiger partial charge in [0.25, 0.3) is 0 Å². The molecule has 0 saturated carbocycles. The van der Waals surface area contributed by atoms with E-state index in [0.717, 1.165) is 5.69 Å². The molecule has 1 aromatic rings. The fourth-order valence-electron chi connectivity index (χ4n) is 1.57. The molecule has 0 unspecified atom stereocenters. The maximum Gasteiger partial charge on any atom is 0.338 e. The van der Waals surface area contributed by atoms with Crippen LogP contribution in [0.1, 0.15) is 57.1 Å². The quantitative estimate of drug-likeness (QED) is 0.609. The van der Waals surface area contributed by atoms with E-state index in [2.05, 4.69) is 4.98 Å². The van der Waals surface area contributed by atoms with Gasteiger partial charge in [0.15, 0.2) is 0 Å². The Kier molecular flexibility index (Phi) is 5.76. The Labute approximate surface area is 131 Å². The normalized spacial score (nSPS) is 12.3. The lowest BCUT2D eigenvalue weighted by Crippen LogP contribution is -2.25. The lowest BCUT2D eigenvalue weighted by atomic mass is 9.91. The van der Waals surface area contributed by atoms with Crippen LogP contribution in [0, 0.1) is 0 Å². The largest absolute Gasteiger partial charge is 0.462 e. The number of carbonyl (C=O) groups is 1. The van der Waals surface area contributed by atoms with Gasteiger partial charge >= 0.3 is 5.97 Å². The molecule has 1 heterocycles. The zero-order valence-corrected chi connectivity index (χ0v) is 14.4. The second-order valence-electron chi connectivity index (χ2n) is 6.66. The Hall–Kier alpha value is -1.13. The van der Waals surface area contributed by atoms with E-state index in [1.54, 1.807) is 13.2 Å². The highest BCUT2D eigenvalue weighted by molar-refractivity contribution is 6.29. The Balaban J connectivity index is 2.77. The van der Waals surface area contributed by atoms with Crippen LogP contribution in [0.3, 0.4) is 0 Å². The fourth-order valence-corrected chi connectivity index (χ4v) is 1.78. The summed E-state index contributed by atoms with van der Waals surface area (Å²) in [6, 6.07) is 3.26. The predicted octanol–water partition coefficient (Wildman–Crippen LogP) is 4.00. The number of methoxy groups -OCH3 is 1. The van der Waals surface area contributed by atoms with Crippen molar-refractivity contribution in [3.8, 4) is 0 Å². The predicted molar refractivity (Wildman–Crippen MR) is 83.9 cm³/mol. The first-order valence-corrected chi connectivity index (χ1v) is 7.33. The molecule has 1 aromatic heterocycles. The van der Waals surface area contributed by atoms with Gasteiger partial charge in [0.1, 0.15) is 5.15 Å². The molecule has 118 valence electrons. The monoisotopic (exact) mass is 313 g/mol. The third-order valence-electron chi connectivity index (χ3n) is 3.29. The van der Waals surface area contributed by atoms with Gasteiger partial charge in [0.2, 0.25) is 0 Å². The van der Waals surface area contributed by atoms with Crippen LogP contribution >= 0.6 is 11.6 Å². The van der Waals surface area contributed by atoms with Gasteiger partial charge in [-0.3, -0.25) is 0 Å². The van der Waals surface area contributed by atoms with E-state index >= 15 is 0 Å². The Morgan fingerprint density at radius 3 is 2.38 bits per heavy atom. The minimum atomic E-state index is -0.392. The van der Waals surface area contributed by atoms with Gasteiger partial charge in [-0.1, -0.05) is 32.4 Å². The van der Waals surface area contributed by atoms with Crippen LogP contribution < -0.4 is 0 Å². The highest BCUT2D eigenvalue weighted by atomic mass is 35.5. The summed E-state index contributed by atoms with van der Waals surface area (Å²) in [5.41, 5.74) is 0.694. The van der Waals surface area contributed by atoms with E-state index in [0.29, 0.717) is 23.7 Å². The first kappa shape index (κ1) is 17.9. The second kappa shape index (κ2) is 6.75. The standard InChI is InChI=1S/C16H24ClNO3/c1-15(2,3)12-9-11(10-13(17)18-12)14(19)21-8-7-16(4,5)20-6/h9-10H,7-8H2,1-6H3. The maximum absolute atomic E-state index is 12.1. The summed E-state index contributed by atoms with van der Waals surface area (Å²) in [4.78, 5) is 16.4. The number of halogens is 1. The van der Waals surface area contributed by atoms with Crippen molar-refractivity contribution in [1.29, 1.82) is 0 Å². The second-order valence-corrected chi connectivity index (χ2v) is 7.05. The molecule has 0 aliphatic heterocycles. The van der Waals surface area contributed by atoms with Crippen LogP contribution in [0.25, 0.3) is 0 Å². The number of nitrogens with zero attached hydrogens (tertiary/aromatic N) is 1. The molecule has 0 aliphatic carbocycles. The van der Waals surface area contributed by atoms with Gasteiger partial charge in [-0.25, -0.2) is 9.78 Å². The summed E-state index contributed by atoms with van der Waals surface area (Å²) >= 11 is 5.99. The zero-order chi connectivity index (χ0) is 16.3. The van der Waals surface area contributed by atoms with E-state index in [1.165, 1.54) is 6.07 Å². The molecule has 0 saturated heterocycles. The van der Waals surface area contributed by atoms with Crippen molar-refractivity contribution in [2.24, 2.45) is 0 Å². The summed E-state index contributed by atoms with van der Waals surface area (Å²) in [6.45, 7) is 10.2. The van der Waals surface area contributed by atoms with E-state index in [1.807, 2.05) is 34.6 Å². The van der Waals surface area contributed by atoms with E-state index in [4.69, 9.17) is 21.1 Å². The molecule has 1 rings (SSSR count). The molecule has 0 spiro atoms. The molecule has 0 amide bonds. The van der Waals surface area contributed by atoms with Gasteiger partial charge < -0.3 is 9.47 Å². The topological polar surface area (TPSA) is 48.4 Å². The van der Waals surface area contributed by atoms with Crippen molar-refractivity contribution < 1.29 is 14.3 Å². The van der Waals surface area contributed by atoms with Gasteiger partial charge in [0, 0.05) is 24.6 Å². The molecule has 0 N–H and O–H groups in total. The van der Waals surface area contributed by atoms with Crippen LogP contribution in [0.15, 0.2) is 12.1 Å². The van der Waals surface area contributed by atoms with Gasteiger partial charge in [-0.05, 0) is 26.0 Å². The molecular formula is C16H24ClNO3. The minimum absolute atomic E-state index is 0.183. The summed E-state index contributed by atoms with van der Waals surface area (Å²) < 4.78 is 10.6. The molecule has 0 atom stereocenters. The maximum atomic E-state index is 12.1. The first-order chi connectivity index (χ1) is 9.55. The smallest absolute Gasteiger partial charge is 0.338 e. The average Bonchev–Trinajstić information content (AvgIpc) is 2.36. The molecule has 0 aliphatic rings. The zero-order valence-electron chi connectivity index (χ0n) is 13.6. The molecule has 21 heavy (non-hydrogen) atoms. The number of pyridine rings is 1. The third-order valence-corrected chi connectivity index (χ3v) is 3.48. The summed E-state index contributed by atoms with van der Waals surface area (Å²) in [5, 5.41) is 0.298. The number of hydrogen-bond donors (Lipinski definition) is 0. The van der Waals surface area contributed by atoms with Crippen molar-refractivity contribution >= 4 is 17.6 Å². The number of esters is 1. The fraction of sp³-hybridized carbons (Fsp3) is 0.625. The van der Waals surface area contributed by atoms with E-state index in [9.17, 15) is 4.79 Å². The molecule has 0 bridgehead atoms. The van der Waals surface area contributed by atoms with Crippen LogP contribution in [0.4, 0.5) is 0 Å².